The number of rotatable bonds is 5. The first-order chi connectivity index (χ1) is 10.4. The zero-order valence-corrected chi connectivity index (χ0v) is 12.1. The normalized spacial score (nSPS) is 17.8. The summed E-state index contributed by atoms with van der Waals surface area (Å²) in [4.78, 5) is 13.0. The van der Waals surface area contributed by atoms with Crippen LogP contribution in [0.1, 0.15) is 18.4 Å². The fourth-order valence-corrected chi connectivity index (χ4v) is 2.45. The van der Waals surface area contributed by atoms with E-state index in [0.717, 1.165) is 38.7 Å². The third kappa shape index (κ3) is 5.18. The number of hydrogen-bond donors (Lipinski definition) is 1. The van der Waals surface area contributed by atoms with Crippen molar-refractivity contribution in [1.29, 1.82) is 0 Å². The molecule has 0 aromatic heterocycles. The number of likely N-dealkylation sites (tertiary alicyclic amines) is 1. The van der Waals surface area contributed by atoms with E-state index in [1.54, 1.807) is 0 Å². The fourth-order valence-electron chi connectivity index (χ4n) is 2.45. The summed E-state index contributed by atoms with van der Waals surface area (Å²) in [6.45, 7) is 2.65. The maximum atomic E-state index is 12.0. The summed E-state index contributed by atoms with van der Waals surface area (Å²) >= 11 is 0. The molecule has 0 atom stereocenters. The number of allylic oxidation sites excluding steroid dienone is 1. The van der Waals surface area contributed by atoms with E-state index in [1.807, 2.05) is 18.2 Å². The van der Waals surface area contributed by atoms with Gasteiger partial charge in [-0.25, -0.2) is 0 Å². The van der Waals surface area contributed by atoms with Crippen LogP contribution in [-0.2, 0) is 11.3 Å². The molecular formula is C16H19F3N2O. The highest BCUT2D eigenvalue weighted by Crippen LogP contribution is 2.17. The molecule has 1 aliphatic heterocycles. The largest absolute Gasteiger partial charge is 0.454 e. The van der Waals surface area contributed by atoms with Gasteiger partial charge in [0.25, 0.3) is 5.78 Å². The van der Waals surface area contributed by atoms with Crippen LogP contribution in [0.5, 0.6) is 0 Å². The number of carbonyl (C=O) groups excluding carboxylic acids is 1. The maximum Gasteiger partial charge on any atom is 0.454 e. The molecule has 0 radical (unpaired) electrons. The molecule has 2 rings (SSSR count). The topological polar surface area (TPSA) is 32.3 Å². The molecule has 120 valence electrons. The van der Waals surface area contributed by atoms with E-state index in [0.29, 0.717) is 6.08 Å². The molecule has 1 heterocycles. The van der Waals surface area contributed by atoms with Crippen LogP contribution in [0.4, 0.5) is 13.2 Å². The van der Waals surface area contributed by atoms with Gasteiger partial charge < -0.3 is 5.32 Å². The van der Waals surface area contributed by atoms with Gasteiger partial charge in [0.1, 0.15) is 0 Å². The van der Waals surface area contributed by atoms with Gasteiger partial charge in [-0.2, -0.15) is 13.2 Å². The molecule has 6 heteroatoms. The summed E-state index contributed by atoms with van der Waals surface area (Å²) in [6, 6.07) is 10.3. The number of nitrogens with one attached hydrogen (secondary N) is 1. The van der Waals surface area contributed by atoms with Gasteiger partial charge in [0, 0.05) is 38.0 Å². The average molecular weight is 312 g/mol. The minimum Gasteiger partial charge on any atom is -0.388 e. The summed E-state index contributed by atoms with van der Waals surface area (Å²) in [7, 11) is 0. The van der Waals surface area contributed by atoms with Crippen LogP contribution >= 0.6 is 0 Å². The lowest BCUT2D eigenvalue weighted by molar-refractivity contribution is -0.165. The summed E-state index contributed by atoms with van der Waals surface area (Å²) in [5.74, 6) is -1.83. The van der Waals surface area contributed by atoms with E-state index in [9.17, 15) is 18.0 Å². The Hall–Kier alpha value is -1.82. The Kier molecular flexibility index (Phi) is 5.60. The summed E-state index contributed by atoms with van der Waals surface area (Å²) in [5.41, 5.74) is 1.25. The zero-order valence-electron chi connectivity index (χ0n) is 12.1. The Morgan fingerprint density at radius 3 is 2.45 bits per heavy atom. The second-order valence-electron chi connectivity index (χ2n) is 5.40. The molecule has 22 heavy (non-hydrogen) atoms. The molecule has 0 bridgehead atoms. The van der Waals surface area contributed by atoms with Crippen molar-refractivity contribution in [3.05, 3.63) is 48.2 Å². The molecule has 1 fully saturated rings. The summed E-state index contributed by atoms with van der Waals surface area (Å²) in [6.07, 6.45) is -1.43. The van der Waals surface area contributed by atoms with Gasteiger partial charge >= 0.3 is 6.18 Å². The van der Waals surface area contributed by atoms with E-state index in [2.05, 4.69) is 22.3 Å². The Balaban J connectivity index is 1.71. The molecule has 0 unspecified atom stereocenters. The number of carbonyl (C=O) groups is 1. The quantitative estimate of drug-likeness (QED) is 0.849. The lowest BCUT2D eigenvalue weighted by Crippen LogP contribution is -2.40. The Morgan fingerprint density at radius 2 is 1.86 bits per heavy atom. The van der Waals surface area contributed by atoms with Crippen LogP contribution in [0.25, 0.3) is 0 Å². The number of ketones is 1. The van der Waals surface area contributed by atoms with Crippen molar-refractivity contribution in [2.75, 3.05) is 13.1 Å². The monoisotopic (exact) mass is 312 g/mol. The number of hydrogen-bond acceptors (Lipinski definition) is 3. The molecular weight excluding hydrogens is 293 g/mol. The SMILES string of the molecule is O=C(C=CNC1CCN(Cc2ccccc2)CC1)C(F)(F)F. The van der Waals surface area contributed by atoms with Crippen LogP contribution in [0.3, 0.4) is 0 Å². The van der Waals surface area contributed by atoms with Crippen molar-refractivity contribution in [3.63, 3.8) is 0 Å². The summed E-state index contributed by atoms with van der Waals surface area (Å²) in [5, 5.41) is 2.88. The molecule has 1 N–H and O–H groups in total. The summed E-state index contributed by atoms with van der Waals surface area (Å²) < 4.78 is 36.1. The second kappa shape index (κ2) is 7.45. The Morgan fingerprint density at radius 1 is 1.23 bits per heavy atom. The van der Waals surface area contributed by atoms with Gasteiger partial charge in [0.2, 0.25) is 0 Å². The van der Waals surface area contributed by atoms with Crippen molar-refractivity contribution >= 4 is 5.78 Å². The lowest BCUT2D eigenvalue weighted by Gasteiger charge is -2.32. The minimum atomic E-state index is -4.79. The van der Waals surface area contributed by atoms with Gasteiger partial charge in [-0.1, -0.05) is 30.3 Å². The number of piperidine rings is 1. The number of halogens is 3. The van der Waals surface area contributed by atoms with Crippen molar-refractivity contribution in [2.24, 2.45) is 0 Å². The van der Waals surface area contributed by atoms with Crippen molar-refractivity contribution < 1.29 is 18.0 Å². The van der Waals surface area contributed by atoms with Crippen LogP contribution in [0, 0.1) is 0 Å². The first-order valence-electron chi connectivity index (χ1n) is 7.25. The minimum absolute atomic E-state index is 0.115. The van der Waals surface area contributed by atoms with Crippen LogP contribution < -0.4 is 5.32 Å². The molecule has 1 aromatic rings. The molecule has 1 aliphatic rings. The van der Waals surface area contributed by atoms with Gasteiger partial charge in [-0.15, -0.1) is 0 Å². The van der Waals surface area contributed by atoms with Crippen molar-refractivity contribution in [2.45, 2.75) is 31.6 Å². The smallest absolute Gasteiger partial charge is 0.388 e. The molecule has 0 aliphatic carbocycles. The third-order valence-corrected chi connectivity index (χ3v) is 3.68. The van der Waals surface area contributed by atoms with E-state index >= 15 is 0 Å². The van der Waals surface area contributed by atoms with E-state index in [1.165, 1.54) is 5.56 Å². The molecule has 3 nitrogen and oxygen atoms in total. The van der Waals surface area contributed by atoms with E-state index < -0.39 is 12.0 Å². The van der Waals surface area contributed by atoms with Gasteiger partial charge in [0.05, 0.1) is 0 Å². The van der Waals surface area contributed by atoms with Gasteiger partial charge in [-0.05, 0) is 18.4 Å². The van der Waals surface area contributed by atoms with Gasteiger partial charge in [-0.3, -0.25) is 9.69 Å². The first kappa shape index (κ1) is 16.5. The van der Waals surface area contributed by atoms with Crippen molar-refractivity contribution in [3.8, 4) is 0 Å². The lowest BCUT2D eigenvalue weighted by atomic mass is 10.0. The Labute approximate surface area is 127 Å². The maximum absolute atomic E-state index is 12.0. The predicted octanol–water partition coefficient (Wildman–Crippen LogP) is 2.89. The highest BCUT2D eigenvalue weighted by molar-refractivity contribution is 5.94. The molecule has 0 spiro atoms. The predicted molar refractivity (Wildman–Crippen MR) is 78.1 cm³/mol. The Bertz CT molecular complexity index is 506. The second-order valence-corrected chi connectivity index (χ2v) is 5.40. The molecule has 1 saturated heterocycles. The zero-order chi connectivity index (χ0) is 16.0. The highest BCUT2D eigenvalue weighted by atomic mass is 19.4. The number of benzene rings is 1. The van der Waals surface area contributed by atoms with Crippen LogP contribution in [-0.4, -0.2) is 36.0 Å². The third-order valence-electron chi connectivity index (χ3n) is 3.68. The molecule has 0 saturated carbocycles. The van der Waals surface area contributed by atoms with E-state index in [-0.39, 0.29) is 6.04 Å². The average Bonchev–Trinajstić information content (AvgIpc) is 2.49. The number of nitrogens with zero attached hydrogens (tertiary/aromatic N) is 1. The standard InChI is InChI=1S/C16H19F3N2O/c17-16(18,19)15(22)6-9-20-14-7-10-21(11-8-14)12-13-4-2-1-3-5-13/h1-6,9,14,20H,7-8,10-12H2. The van der Waals surface area contributed by atoms with E-state index in [4.69, 9.17) is 0 Å². The fraction of sp³-hybridized carbons (Fsp3) is 0.438. The molecule has 0 amide bonds. The van der Waals surface area contributed by atoms with Crippen LogP contribution in [0.2, 0.25) is 0 Å². The number of alkyl halides is 3. The highest BCUT2D eigenvalue weighted by Gasteiger charge is 2.36. The van der Waals surface area contributed by atoms with Gasteiger partial charge in [0.15, 0.2) is 0 Å². The molecule has 1 aromatic carbocycles. The first-order valence-corrected chi connectivity index (χ1v) is 7.25. The van der Waals surface area contributed by atoms with Crippen molar-refractivity contribution in [1.82, 2.24) is 10.2 Å². The van der Waals surface area contributed by atoms with Crippen LogP contribution in [0.15, 0.2) is 42.6 Å².